The van der Waals surface area contributed by atoms with E-state index in [9.17, 15) is 0 Å². The van der Waals surface area contributed by atoms with Crippen molar-refractivity contribution in [1.82, 2.24) is 5.16 Å². The molecule has 0 aliphatic carbocycles. The van der Waals surface area contributed by atoms with Crippen LogP contribution in [0, 0.1) is 6.92 Å². The van der Waals surface area contributed by atoms with Crippen molar-refractivity contribution < 1.29 is 4.52 Å². The first-order valence-corrected chi connectivity index (χ1v) is 7.10. The van der Waals surface area contributed by atoms with Gasteiger partial charge in [0, 0.05) is 5.56 Å². The Bertz CT molecular complexity index is 812. The SMILES string of the molecule is Cc1cccc(-c2c(-c3cccc(Cl)c3Cl)noc2N)c1. The van der Waals surface area contributed by atoms with Crippen molar-refractivity contribution in [3.8, 4) is 22.4 Å². The van der Waals surface area contributed by atoms with Gasteiger partial charge in [0.05, 0.1) is 15.6 Å². The van der Waals surface area contributed by atoms with Gasteiger partial charge in [0.1, 0.15) is 5.69 Å². The molecule has 2 aromatic carbocycles. The smallest absolute Gasteiger partial charge is 0.230 e. The third-order valence-corrected chi connectivity index (χ3v) is 4.05. The summed E-state index contributed by atoms with van der Waals surface area (Å²) in [6, 6.07) is 13.3. The Hall–Kier alpha value is -1.97. The lowest BCUT2D eigenvalue weighted by molar-refractivity contribution is 0.439. The molecule has 0 saturated heterocycles. The number of anilines is 1. The van der Waals surface area contributed by atoms with Crippen LogP contribution in [0.2, 0.25) is 10.0 Å². The lowest BCUT2D eigenvalue weighted by atomic mass is 9.99. The number of aryl methyl sites for hydroxylation is 1. The van der Waals surface area contributed by atoms with Crippen molar-refractivity contribution in [2.75, 3.05) is 5.73 Å². The lowest BCUT2D eigenvalue weighted by Crippen LogP contribution is -1.89. The van der Waals surface area contributed by atoms with Gasteiger partial charge >= 0.3 is 0 Å². The van der Waals surface area contributed by atoms with Crippen molar-refractivity contribution >= 4 is 29.1 Å². The minimum Gasteiger partial charge on any atom is -0.367 e. The molecule has 21 heavy (non-hydrogen) atoms. The minimum absolute atomic E-state index is 0.256. The summed E-state index contributed by atoms with van der Waals surface area (Å²) in [6.07, 6.45) is 0. The summed E-state index contributed by atoms with van der Waals surface area (Å²) < 4.78 is 5.17. The molecule has 3 rings (SSSR count). The van der Waals surface area contributed by atoms with E-state index < -0.39 is 0 Å². The maximum Gasteiger partial charge on any atom is 0.230 e. The first kappa shape index (κ1) is 14.0. The van der Waals surface area contributed by atoms with Gasteiger partial charge in [-0.1, -0.05) is 70.3 Å². The molecule has 0 atom stereocenters. The number of hydrogen-bond acceptors (Lipinski definition) is 3. The van der Waals surface area contributed by atoms with E-state index in [1.54, 1.807) is 6.07 Å². The van der Waals surface area contributed by atoms with Crippen molar-refractivity contribution in [3.63, 3.8) is 0 Å². The van der Waals surface area contributed by atoms with Gasteiger partial charge < -0.3 is 10.3 Å². The fraction of sp³-hybridized carbons (Fsp3) is 0.0625. The van der Waals surface area contributed by atoms with E-state index in [4.69, 9.17) is 33.5 Å². The van der Waals surface area contributed by atoms with E-state index in [1.165, 1.54) is 0 Å². The average molecular weight is 319 g/mol. The van der Waals surface area contributed by atoms with Crippen molar-refractivity contribution in [2.24, 2.45) is 0 Å². The van der Waals surface area contributed by atoms with Crippen LogP contribution in [0.25, 0.3) is 22.4 Å². The fourth-order valence-electron chi connectivity index (χ4n) is 2.25. The number of nitrogen functional groups attached to an aromatic ring is 1. The molecular formula is C16H12Cl2N2O. The van der Waals surface area contributed by atoms with Crippen molar-refractivity contribution in [2.45, 2.75) is 6.92 Å². The summed E-state index contributed by atoms with van der Waals surface area (Å²) in [4.78, 5) is 0. The second-order valence-corrected chi connectivity index (χ2v) is 5.53. The highest BCUT2D eigenvalue weighted by Crippen LogP contribution is 2.41. The van der Waals surface area contributed by atoms with Crippen LogP contribution in [0.3, 0.4) is 0 Å². The van der Waals surface area contributed by atoms with Gasteiger partial charge in [-0.3, -0.25) is 0 Å². The van der Waals surface area contributed by atoms with Gasteiger partial charge in [0.15, 0.2) is 0 Å². The van der Waals surface area contributed by atoms with E-state index >= 15 is 0 Å². The molecule has 5 heteroatoms. The number of halogens is 2. The summed E-state index contributed by atoms with van der Waals surface area (Å²) in [7, 11) is 0. The van der Waals surface area contributed by atoms with E-state index in [1.807, 2.05) is 43.3 Å². The molecular weight excluding hydrogens is 307 g/mol. The second kappa shape index (κ2) is 5.43. The quantitative estimate of drug-likeness (QED) is 0.706. The van der Waals surface area contributed by atoms with E-state index in [2.05, 4.69) is 5.16 Å². The van der Waals surface area contributed by atoms with Crippen LogP contribution in [-0.2, 0) is 0 Å². The van der Waals surface area contributed by atoms with Crippen molar-refractivity contribution in [1.29, 1.82) is 0 Å². The molecule has 0 unspecified atom stereocenters. The Morgan fingerprint density at radius 3 is 2.62 bits per heavy atom. The maximum absolute atomic E-state index is 6.27. The number of rotatable bonds is 2. The zero-order chi connectivity index (χ0) is 15.0. The Morgan fingerprint density at radius 2 is 1.86 bits per heavy atom. The standard InChI is InChI=1S/C16H12Cl2N2O/c1-9-4-2-5-10(8-9)13-15(20-21-16(13)19)11-6-3-7-12(17)14(11)18/h2-8H,19H2,1H3. The zero-order valence-electron chi connectivity index (χ0n) is 11.2. The summed E-state index contributed by atoms with van der Waals surface area (Å²) in [5.41, 5.74) is 10.0. The number of aromatic nitrogens is 1. The van der Waals surface area contributed by atoms with Crippen LogP contribution >= 0.6 is 23.2 Å². The van der Waals surface area contributed by atoms with Crippen molar-refractivity contribution in [3.05, 3.63) is 58.1 Å². The monoisotopic (exact) mass is 318 g/mol. The average Bonchev–Trinajstić information content (AvgIpc) is 2.83. The Balaban J connectivity index is 2.24. The topological polar surface area (TPSA) is 52.0 Å². The molecule has 106 valence electrons. The van der Waals surface area contributed by atoms with Gasteiger partial charge in [-0.15, -0.1) is 0 Å². The maximum atomic E-state index is 6.27. The molecule has 3 nitrogen and oxygen atoms in total. The van der Waals surface area contributed by atoms with Crippen LogP contribution in [0.5, 0.6) is 0 Å². The summed E-state index contributed by atoms with van der Waals surface area (Å²) in [6.45, 7) is 2.01. The Morgan fingerprint density at radius 1 is 1.10 bits per heavy atom. The van der Waals surface area contributed by atoms with E-state index in [0.29, 0.717) is 21.3 Å². The number of benzene rings is 2. The van der Waals surface area contributed by atoms with Gasteiger partial charge in [-0.05, 0) is 18.6 Å². The highest BCUT2D eigenvalue weighted by atomic mass is 35.5. The number of nitrogens with zero attached hydrogens (tertiary/aromatic N) is 1. The summed E-state index contributed by atoms with van der Waals surface area (Å²) in [5, 5.41) is 4.95. The molecule has 0 bridgehead atoms. The molecule has 0 amide bonds. The first-order chi connectivity index (χ1) is 10.1. The molecule has 1 heterocycles. The zero-order valence-corrected chi connectivity index (χ0v) is 12.7. The number of hydrogen-bond donors (Lipinski definition) is 1. The molecule has 1 aromatic heterocycles. The second-order valence-electron chi connectivity index (χ2n) is 4.74. The van der Waals surface area contributed by atoms with Gasteiger partial charge in [-0.25, -0.2) is 0 Å². The highest BCUT2D eigenvalue weighted by molar-refractivity contribution is 6.43. The Kier molecular flexibility index (Phi) is 3.62. The minimum atomic E-state index is 0.256. The van der Waals surface area contributed by atoms with Crippen LogP contribution in [0.4, 0.5) is 5.88 Å². The largest absolute Gasteiger partial charge is 0.367 e. The molecule has 2 N–H and O–H groups in total. The van der Waals surface area contributed by atoms with E-state index in [-0.39, 0.29) is 5.88 Å². The normalized spacial score (nSPS) is 10.8. The molecule has 0 fully saturated rings. The molecule has 0 spiro atoms. The number of nitrogens with two attached hydrogens (primary N) is 1. The highest BCUT2D eigenvalue weighted by Gasteiger charge is 2.20. The van der Waals surface area contributed by atoms with Gasteiger partial charge in [0.2, 0.25) is 5.88 Å². The van der Waals surface area contributed by atoms with Crippen LogP contribution in [0.15, 0.2) is 47.0 Å². The molecule has 0 radical (unpaired) electrons. The fourth-order valence-corrected chi connectivity index (χ4v) is 2.64. The molecule has 0 saturated carbocycles. The predicted octanol–water partition coefficient (Wildman–Crippen LogP) is 5.21. The Labute approximate surface area is 132 Å². The summed E-state index contributed by atoms with van der Waals surface area (Å²) in [5.74, 6) is 0.256. The van der Waals surface area contributed by atoms with E-state index in [0.717, 1.165) is 16.7 Å². The molecule has 3 aromatic rings. The van der Waals surface area contributed by atoms with Crippen LogP contribution < -0.4 is 5.73 Å². The van der Waals surface area contributed by atoms with Gasteiger partial charge in [0.25, 0.3) is 0 Å². The van der Waals surface area contributed by atoms with Gasteiger partial charge in [-0.2, -0.15) is 0 Å². The van der Waals surface area contributed by atoms with Crippen LogP contribution in [-0.4, -0.2) is 5.16 Å². The third kappa shape index (κ3) is 2.50. The third-order valence-electron chi connectivity index (χ3n) is 3.23. The lowest BCUT2D eigenvalue weighted by Gasteiger charge is -2.06. The molecule has 0 aliphatic rings. The first-order valence-electron chi connectivity index (χ1n) is 6.34. The predicted molar refractivity (Wildman–Crippen MR) is 86.5 cm³/mol. The molecule has 0 aliphatic heterocycles. The van der Waals surface area contributed by atoms with Crippen LogP contribution in [0.1, 0.15) is 5.56 Å². The summed E-state index contributed by atoms with van der Waals surface area (Å²) >= 11 is 12.3.